The monoisotopic (exact) mass is 900 g/mol. The van der Waals surface area contributed by atoms with Crippen LogP contribution >= 0.6 is 0 Å². The fraction of sp³-hybridized carbons (Fsp3) is 0.242. The van der Waals surface area contributed by atoms with Crippen LogP contribution in [0.15, 0.2) is 176 Å². The predicted octanol–water partition coefficient (Wildman–Crippen LogP) is 18.8. The molecule has 9 aromatic carbocycles. The van der Waals surface area contributed by atoms with Crippen molar-refractivity contribution in [2.75, 3.05) is 9.80 Å². The molecule has 0 spiro atoms. The number of nitrogens with zero attached hydrogens (tertiary/aromatic N) is 3. The van der Waals surface area contributed by atoms with Gasteiger partial charge in [0.15, 0.2) is 0 Å². The van der Waals surface area contributed by atoms with Gasteiger partial charge in [0, 0.05) is 55.4 Å². The molecule has 0 atom stereocenters. The molecule has 3 heteroatoms. The lowest BCUT2D eigenvalue weighted by molar-refractivity contribution is 0.590. The van der Waals surface area contributed by atoms with Gasteiger partial charge in [0.05, 0.1) is 22.4 Å². The SMILES string of the molecule is CC(C)(C)c1ccc(N(c2ccc(C(C)(C)C)cc2)c2cc3c(c4c#cccc24)c2c4ccccc4c(N(c4ccc(C(C)(C)C)cc4)c4ccc(C(C)(C)C)cc4)cc2n3-c2ccccc2)cc1. The van der Waals surface area contributed by atoms with E-state index in [9.17, 15) is 0 Å². The van der Waals surface area contributed by atoms with Crippen LogP contribution in [0.5, 0.6) is 0 Å². The number of hydrogen-bond donors (Lipinski definition) is 0. The summed E-state index contributed by atoms with van der Waals surface area (Å²) in [6.07, 6.45) is 0. The van der Waals surface area contributed by atoms with Crippen LogP contribution in [-0.2, 0) is 21.7 Å². The van der Waals surface area contributed by atoms with Crippen LogP contribution in [0, 0.1) is 12.1 Å². The second-order valence-corrected chi connectivity index (χ2v) is 23.0. The molecule has 69 heavy (non-hydrogen) atoms. The molecule has 10 aromatic rings. The summed E-state index contributed by atoms with van der Waals surface area (Å²) in [6, 6.07) is 72.8. The van der Waals surface area contributed by atoms with Gasteiger partial charge in [-0.2, -0.15) is 0 Å². The molecule has 0 aliphatic rings. The molecule has 0 bridgehead atoms. The van der Waals surface area contributed by atoms with E-state index < -0.39 is 0 Å². The molecule has 0 amide bonds. The second-order valence-electron chi connectivity index (χ2n) is 23.0. The lowest BCUT2D eigenvalue weighted by Gasteiger charge is -2.29. The van der Waals surface area contributed by atoms with E-state index in [0.717, 1.165) is 67.0 Å². The molecule has 0 aliphatic heterocycles. The van der Waals surface area contributed by atoms with Crippen molar-refractivity contribution in [1.82, 2.24) is 4.57 Å². The largest absolute Gasteiger partial charge is 0.310 e. The standard InChI is InChI=1S/C66H65N3/c1-63(2,3)44-26-34-49(35-27-44)67(50-36-28-45(29-37-50)64(4,5)6)57-42-59-61(55-24-18-16-22-53(55)57)62-56-25-19-17-23-54(56)58(43-60(62)69(59)48-20-14-13-15-21-48)68(51-38-30-46(31-39-51)65(7,8)9)52-40-32-47(33-41-52)66(10,11)12/h13-18,20-24,26-43H,1-12H3. The van der Waals surface area contributed by atoms with Crippen LogP contribution in [0.1, 0.15) is 105 Å². The number of hydrogen-bond acceptors (Lipinski definition) is 2. The van der Waals surface area contributed by atoms with Gasteiger partial charge in [-0.1, -0.05) is 186 Å². The molecule has 0 unspecified atom stereocenters. The summed E-state index contributed by atoms with van der Waals surface area (Å²) in [4.78, 5) is 4.90. The lowest BCUT2D eigenvalue weighted by atomic mass is 9.86. The summed E-state index contributed by atoms with van der Waals surface area (Å²) >= 11 is 0. The highest BCUT2D eigenvalue weighted by Gasteiger charge is 2.27. The van der Waals surface area contributed by atoms with Crippen LogP contribution in [0.25, 0.3) is 49.0 Å². The number of fused-ring (bicyclic) bond motifs is 7. The van der Waals surface area contributed by atoms with Crippen LogP contribution in [0.4, 0.5) is 34.1 Å². The van der Waals surface area contributed by atoms with Crippen LogP contribution in [-0.4, -0.2) is 4.57 Å². The zero-order valence-corrected chi connectivity index (χ0v) is 42.6. The van der Waals surface area contributed by atoms with E-state index in [1.54, 1.807) is 0 Å². The molecule has 0 radical (unpaired) electrons. The Morgan fingerprint density at radius 1 is 0.362 bits per heavy atom. The Kier molecular flexibility index (Phi) is 11.0. The molecular weight excluding hydrogens is 835 g/mol. The van der Waals surface area contributed by atoms with Gasteiger partial charge in [-0.25, -0.2) is 0 Å². The van der Waals surface area contributed by atoms with Crippen molar-refractivity contribution in [1.29, 1.82) is 0 Å². The smallest absolute Gasteiger partial charge is 0.0575 e. The number of anilines is 6. The van der Waals surface area contributed by atoms with E-state index in [1.807, 2.05) is 6.07 Å². The first-order valence-electron chi connectivity index (χ1n) is 24.6. The third kappa shape index (κ3) is 8.31. The summed E-state index contributed by atoms with van der Waals surface area (Å²) in [5.74, 6) is 0. The Balaban J connectivity index is 1.32. The number of para-hydroxylation sites is 1. The van der Waals surface area contributed by atoms with Gasteiger partial charge in [-0.3, -0.25) is 0 Å². The molecule has 1 heterocycles. The maximum Gasteiger partial charge on any atom is 0.0575 e. The normalized spacial score (nSPS) is 12.5. The second kappa shape index (κ2) is 16.7. The summed E-state index contributed by atoms with van der Waals surface area (Å²) in [6.45, 7) is 27.4. The van der Waals surface area contributed by atoms with Crippen molar-refractivity contribution in [3.8, 4) is 5.69 Å². The first kappa shape index (κ1) is 45.5. The molecule has 10 rings (SSSR count). The van der Waals surface area contributed by atoms with Gasteiger partial charge in [0.25, 0.3) is 0 Å². The van der Waals surface area contributed by atoms with Crippen molar-refractivity contribution in [3.05, 3.63) is 210 Å². The maximum atomic E-state index is 3.72. The van der Waals surface area contributed by atoms with Gasteiger partial charge in [-0.15, -0.1) is 0 Å². The van der Waals surface area contributed by atoms with E-state index >= 15 is 0 Å². The molecule has 344 valence electrons. The lowest BCUT2D eigenvalue weighted by Crippen LogP contribution is -2.14. The minimum atomic E-state index is 0.0215. The van der Waals surface area contributed by atoms with Crippen LogP contribution in [0.2, 0.25) is 0 Å². The Bertz CT molecular complexity index is 3140. The molecule has 3 nitrogen and oxygen atoms in total. The molecule has 0 saturated heterocycles. The Morgan fingerprint density at radius 3 is 1.13 bits per heavy atom. The van der Waals surface area contributed by atoms with Gasteiger partial charge >= 0.3 is 0 Å². The first-order chi connectivity index (χ1) is 32.8. The molecule has 0 N–H and O–H groups in total. The number of benzene rings is 8. The average Bonchev–Trinajstić information content (AvgIpc) is 3.66. The first-order valence-corrected chi connectivity index (χ1v) is 24.6. The predicted molar refractivity (Wildman–Crippen MR) is 298 cm³/mol. The molecule has 0 saturated carbocycles. The molecule has 0 fully saturated rings. The highest BCUT2D eigenvalue weighted by atomic mass is 15.2. The fourth-order valence-corrected chi connectivity index (χ4v) is 10.1. The molecule has 1 aromatic heterocycles. The topological polar surface area (TPSA) is 11.4 Å². The summed E-state index contributed by atoms with van der Waals surface area (Å²) in [5, 5.41) is 6.87. The maximum absolute atomic E-state index is 3.72. The molecular formula is C66H65N3. The number of rotatable bonds is 7. The number of aromatic nitrogens is 1. The Morgan fingerprint density at radius 2 is 0.725 bits per heavy atom. The van der Waals surface area contributed by atoms with Crippen LogP contribution < -0.4 is 9.80 Å². The van der Waals surface area contributed by atoms with E-state index in [4.69, 9.17) is 0 Å². The zero-order chi connectivity index (χ0) is 48.6. The van der Waals surface area contributed by atoms with Gasteiger partial charge in [0.1, 0.15) is 0 Å². The van der Waals surface area contributed by atoms with Crippen LogP contribution in [0.3, 0.4) is 0 Å². The minimum absolute atomic E-state index is 0.0215. The third-order valence-electron chi connectivity index (χ3n) is 14.1. The van der Waals surface area contributed by atoms with Gasteiger partial charge in [-0.05, 0) is 134 Å². The zero-order valence-electron chi connectivity index (χ0n) is 42.6. The summed E-state index contributed by atoms with van der Waals surface area (Å²) in [7, 11) is 0. The van der Waals surface area contributed by atoms with E-state index in [0.29, 0.717) is 0 Å². The van der Waals surface area contributed by atoms with E-state index in [-0.39, 0.29) is 21.7 Å². The van der Waals surface area contributed by atoms with Crippen molar-refractivity contribution < 1.29 is 0 Å². The summed E-state index contributed by atoms with van der Waals surface area (Å²) < 4.78 is 2.48. The van der Waals surface area contributed by atoms with Crippen molar-refractivity contribution in [3.63, 3.8) is 0 Å². The molecule has 0 aliphatic carbocycles. The third-order valence-corrected chi connectivity index (χ3v) is 14.1. The highest BCUT2D eigenvalue weighted by molar-refractivity contribution is 6.31. The van der Waals surface area contributed by atoms with Gasteiger partial charge in [0.2, 0.25) is 0 Å². The van der Waals surface area contributed by atoms with E-state index in [1.165, 1.54) is 38.4 Å². The average molecular weight is 900 g/mol. The van der Waals surface area contributed by atoms with Crippen molar-refractivity contribution in [2.24, 2.45) is 0 Å². The summed E-state index contributed by atoms with van der Waals surface area (Å²) in [5.41, 5.74) is 15.2. The van der Waals surface area contributed by atoms with E-state index in [2.05, 4.69) is 279 Å². The fourth-order valence-electron chi connectivity index (χ4n) is 10.1. The Hall–Kier alpha value is -7.28. The highest BCUT2D eigenvalue weighted by Crippen LogP contribution is 2.50. The van der Waals surface area contributed by atoms with Crippen molar-refractivity contribution >= 4 is 77.5 Å². The minimum Gasteiger partial charge on any atom is -0.310 e. The van der Waals surface area contributed by atoms with Gasteiger partial charge < -0.3 is 14.4 Å². The quantitative estimate of drug-likeness (QED) is 0.158. The van der Waals surface area contributed by atoms with Crippen molar-refractivity contribution in [2.45, 2.75) is 105 Å². The Labute approximate surface area is 410 Å².